The van der Waals surface area contributed by atoms with Crippen molar-refractivity contribution in [1.82, 2.24) is 5.32 Å². The Bertz CT molecular complexity index is 140. The van der Waals surface area contributed by atoms with Crippen LogP contribution in [0.3, 0.4) is 0 Å². The minimum Gasteiger partial charge on any atom is -0.385 e. The quantitative estimate of drug-likeness (QED) is 0.540. The number of unbranched alkanes of at least 4 members (excludes halogenated alkanes) is 2. The zero-order chi connectivity index (χ0) is 10.6. The number of hydrogen-bond donors (Lipinski definition) is 2. The van der Waals surface area contributed by atoms with E-state index in [1.54, 1.807) is 7.11 Å². The highest BCUT2D eigenvalue weighted by Crippen LogP contribution is 1.93. The van der Waals surface area contributed by atoms with Crippen molar-refractivity contribution in [3.8, 4) is 0 Å². The molecule has 0 aliphatic heterocycles. The van der Waals surface area contributed by atoms with E-state index in [9.17, 15) is 4.79 Å². The predicted molar refractivity (Wildman–Crippen MR) is 57.0 cm³/mol. The molecule has 0 unspecified atom stereocenters. The van der Waals surface area contributed by atoms with Crippen LogP contribution >= 0.6 is 0 Å². The van der Waals surface area contributed by atoms with Crippen molar-refractivity contribution in [2.75, 3.05) is 26.8 Å². The Kier molecular flexibility index (Phi) is 10.0. The summed E-state index contributed by atoms with van der Waals surface area (Å²) in [5, 5.41) is 2.87. The van der Waals surface area contributed by atoms with Gasteiger partial charge in [-0.2, -0.15) is 0 Å². The SMILES string of the molecule is COCCCC(=O)NCCCCCN. The molecule has 0 aromatic carbocycles. The van der Waals surface area contributed by atoms with E-state index < -0.39 is 0 Å². The maximum atomic E-state index is 11.2. The minimum atomic E-state index is 0.120. The second-order valence-electron chi connectivity index (χ2n) is 3.30. The molecule has 0 heterocycles. The summed E-state index contributed by atoms with van der Waals surface area (Å²) in [6.07, 6.45) is 4.51. The number of ether oxygens (including phenoxy) is 1. The molecule has 4 nitrogen and oxygen atoms in total. The van der Waals surface area contributed by atoms with Crippen LogP contribution in [-0.4, -0.2) is 32.7 Å². The first-order chi connectivity index (χ1) is 6.81. The molecule has 0 aromatic rings. The van der Waals surface area contributed by atoms with Gasteiger partial charge in [-0.25, -0.2) is 0 Å². The number of carbonyl (C=O) groups is 1. The lowest BCUT2D eigenvalue weighted by Crippen LogP contribution is -2.24. The summed E-state index contributed by atoms with van der Waals surface area (Å²) in [5.74, 6) is 0.120. The van der Waals surface area contributed by atoms with Gasteiger partial charge < -0.3 is 15.8 Å². The second-order valence-corrected chi connectivity index (χ2v) is 3.30. The molecule has 0 saturated heterocycles. The normalized spacial score (nSPS) is 10.1. The number of amides is 1. The molecule has 0 fully saturated rings. The zero-order valence-electron chi connectivity index (χ0n) is 9.05. The van der Waals surface area contributed by atoms with Crippen molar-refractivity contribution in [2.24, 2.45) is 5.73 Å². The lowest BCUT2D eigenvalue weighted by atomic mass is 10.2. The fraction of sp³-hybridized carbons (Fsp3) is 0.900. The molecule has 4 heteroatoms. The topological polar surface area (TPSA) is 64.3 Å². The van der Waals surface area contributed by atoms with Gasteiger partial charge in [0.15, 0.2) is 0 Å². The summed E-state index contributed by atoms with van der Waals surface area (Å²) >= 11 is 0. The smallest absolute Gasteiger partial charge is 0.220 e. The Morgan fingerprint density at radius 1 is 1.29 bits per heavy atom. The van der Waals surface area contributed by atoms with Gasteiger partial charge in [-0.05, 0) is 25.8 Å². The van der Waals surface area contributed by atoms with E-state index in [2.05, 4.69) is 5.32 Å². The third-order valence-electron chi connectivity index (χ3n) is 1.96. The van der Waals surface area contributed by atoms with Gasteiger partial charge in [0.2, 0.25) is 5.91 Å². The number of nitrogens with one attached hydrogen (secondary N) is 1. The molecule has 0 bridgehead atoms. The van der Waals surface area contributed by atoms with Crippen molar-refractivity contribution < 1.29 is 9.53 Å². The van der Waals surface area contributed by atoms with Crippen molar-refractivity contribution in [3.05, 3.63) is 0 Å². The summed E-state index contributed by atoms with van der Waals surface area (Å²) < 4.78 is 4.86. The lowest BCUT2D eigenvalue weighted by molar-refractivity contribution is -0.121. The maximum absolute atomic E-state index is 11.2. The summed E-state index contributed by atoms with van der Waals surface area (Å²) in [6.45, 7) is 2.16. The van der Waals surface area contributed by atoms with Crippen LogP contribution in [0.2, 0.25) is 0 Å². The Labute approximate surface area is 86.2 Å². The number of rotatable bonds is 9. The van der Waals surface area contributed by atoms with E-state index in [1.807, 2.05) is 0 Å². The fourth-order valence-corrected chi connectivity index (χ4v) is 1.14. The van der Waals surface area contributed by atoms with Gasteiger partial charge in [-0.1, -0.05) is 6.42 Å². The Morgan fingerprint density at radius 2 is 2.07 bits per heavy atom. The van der Waals surface area contributed by atoms with Crippen LogP contribution < -0.4 is 11.1 Å². The number of carbonyl (C=O) groups excluding carboxylic acids is 1. The highest BCUT2D eigenvalue weighted by atomic mass is 16.5. The summed E-state index contributed by atoms with van der Waals surface area (Å²) in [7, 11) is 1.64. The van der Waals surface area contributed by atoms with Crippen LogP contribution in [0.1, 0.15) is 32.1 Å². The summed E-state index contributed by atoms with van der Waals surface area (Å²) in [4.78, 5) is 11.2. The van der Waals surface area contributed by atoms with Crippen LogP contribution in [0.4, 0.5) is 0 Å². The summed E-state index contributed by atoms with van der Waals surface area (Å²) in [6, 6.07) is 0. The number of methoxy groups -OCH3 is 1. The van der Waals surface area contributed by atoms with Crippen molar-refractivity contribution in [2.45, 2.75) is 32.1 Å². The van der Waals surface area contributed by atoms with Gasteiger partial charge in [0, 0.05) is 26.7 Å². The first-order valence-electron chi connectivity index (χ1n) is 5.27. The van der Waals surface area contributed by atoms with E-state index in [4.69, 9.17) is 10.5 Å². The molecule has 0 aromatic heterocycles. The molecule has 0 spiro atoms. The molecule has 0 atom stereocenters. The molecule has 3 N–H and O–H groups in total. The fourth-order valence-electron chi connectivity index (χ4n) is 1.14. The Morgan fingerprint density at radius 3 is 2.71 bits per heavy atom. The van der Waals surface area contributed by atoms with E-state index in [0.717, 1.165) is 38.8 Å². The molecule has 0 rings (SSSR count). The average molecular weight is 202 g/mol. The molecule has 0 saturated carbocycles. The van der Waals surface area contributed by atoms with Crippen molar-refractivity contribution >= 4 is 5.91 Å². The highest BCUT2D eigenvalue weighted by molar-refractivity contribution is 5.75. The first kappa shape index (κ1) is 13.4. The van der Waals surface area contributed by atoms with Gasteiger partial charge >= 0.3 is 0 Å². The second kappa shape index (κ2) is 10.5. The van der Waals surface area contributed by atoms with Gasteiger partial charge in [-0.15, -0.1) is 0 Å². The van der Waals surface area contributed by atoms with Crippen LogP contribution in [0.5, 0.6) is 0 Å². The molecule has 0 aliphatic rings. The van der Waals surface area contributed by atoms with Crippen LogP contribution in [-0.2, 0) is 9.53 Å². The van der Waals surface area contributed by atoms with E-state index in [0.29, 0.717) is 13.0 Å². The standard InChI is InChI=1S/C10H22N2O2/c1-14-9-5-6-10(13)12-8-4-2-3-7-11/h2-9,11H2,1H3,(H,12,13). The van der Waals surface area contributed by atoms with Gasteiger partial charge in [-0.3, -0.25) is 4.79 Å². The Balaban J connectivity index is 3.10. The predicted octanol–water partition coefficient (Wildman–Crippen LogP) is 0.658. The molecule has 0 aliphatic carbocycles. The van der Waals surface area contributed by atoms with Gasteiger partial charge in [0.05, 0.1) is 0 Å². The largest absolute Gasteiger partial charge is 0.385 e. The number of hydrogen-bond acceptors (Lipinski definition) is 3. The highest BCUT2D eigenvalue weighted by Gasteiger charge is 1.99. The molecular weight excluding hydrogens is 180 g/mol. The van der Waals surface area contributed by atoms with Crippen molar-refractivity contribution in [3.63, 3.8) is 0 Å². The van der Waals surface area contributed by atoms with Crippen LogP contribution in [0.15, 0.2) is 0 Å². The third kappa shape index (κ3) is 9.48. The van der Waals surface area contributed by atoms with Crippen LogP contribution in [0, 0.1) is 0 Å². The Hall–Kier alpha value is -0.610. The van der Waals surface area contributed by atoms with Crippen molar-refractivity contribution in [1.29, 1.82) is 0 Å². The van der Waals surface area contributed by atoms with E-state index in [-0.39, 0.29) is 5.91 Å². The maximum Gasteiger partial charge on any atom is 0.220 e. The number of nitrogens with two attached hydrogens (primary N) is 1. The molecule has 14 heavy (non-hydrogen) atoms. The summed E-state index contributed by atoms with van der Waals surface area (Å²) in [5.41, 5.74) is 5.35. The first-order valence-corrected chi connectivity index (χ1v) is 5.27. The molecule has 0 radical (unpaired) electrons. The molecular formula is C10H22N2O2. The lowest BCUT2D eigenvalue weighted by Gasteiger charge is -2.04. The monoisotopic (exact) mass is 202 g/mol. The third-order valence-corrected chi connectivity index (χ3v) is 1.96. The molecule has 1 amide bonds. The van der Waals surface area contributed by atoms with Gasteiger partial charge in [0.1, 0.15) is 0 Å². The zero-order valence-corrected chi connectivity index (χ0v) is 9.05. The van der Waals surface area contributed by atoms with E-state index in [1.165, 1.54) is 0 Å². The average Bonchev–Trinajstić information content (AvgIpc) is 2.18. The van der Waals surface area contributed by atoms with Crippen LogP contribution in [0.25, 0.3) is 0 Å². The minimum absolute atomic E-state index is 0.120. The molecule has 84 valence electrons. The van der Waals surface area contributed by atoms with E-state index >= 15 is 0 Å². The van der Waals surface area contributed by atoms with Gasteiger partial charge in [0.25, 0.3) is 0 Å².